The number of imide groups is 1. The van der Waals surface area contributed by atoms with Crippen molar-refractivity contribution in [2.45, 2.75) is 29.7 Å². The number of pyridine rings is 1. The Bertz CT molecular complexity index is 1150. The number of nitrogens with one attached hydrogen (secondary N) is 3. The van der Waals surface area contributed by atoms with E-state index in [4.69, 9.17) is 9.47 Å². The van der Waals surface area contributed by atoms with E-state index in [1.807, 2.05) is 0 Å². The number of amides is 3. The lowest BCUT2D eigenvalue weighted by molar-refractivity contribution is -0.125. The molecular formula is C21H24N4O6S. The molecule has 4 rings (SSSR count). The van der Waals surface area contributed by atoms with E-state index in [1.54, 1.807) is 24.3 Å². The van der Waals surface area contributed by atoms with E-state index in [0.717, 1.165) is 12.0 Å². The van der Waals surface area contributed by atoms with Crippen LogP contribution in [0, 0.1) is 5.92 Å². The maximum absolute atomic E-state index is 12.8. The minimum Gasteiger partial charge on any atom is -0.481 e. The van der Waals surface area contributed by atoms with Crippen LogP contribution in [0.3, 0.4) is 0 Å². The minimum absolute atomic E-state index is 0.0496. The third-order valence-electron chi connectivity index (χ3n) is 6.02. The van der Waals surface area contributed by atoms with Crippen LogP contribution in [0.5, 0.6) is 11.8 Å². The Morgan fingerprint density at radius 1 is 1.12 bits per heavy atom. The van der Waals surface area contributed by atoms with Crippen molar-refractivity contribution in [2.24, 2.45) is 5.92 Å². The second-order valence-corrected chi connectivity index (χ2v) is 9.52. The predicted octanol–water partition coefficient (Wildman–Crippen LogP) is 1.42. The largest absolute Gasteiger partial charge is 0.481 e. The molecule has 1 aromatic heterocycles. The van der Waals surface area contributed by atoms with Crippen LogP contribution in [-0.2, 0) is 14.8 Å². The number of rotatable bonds is 7. The van der Waals surface area contributed by atoms with E-state index >= 15 is 0 Å². The Morgan fingerprint density at radius 2 is 1.88 bits per heavy atom. The highest BCUT2D eigenvalue weighted by Crippen LogP contribution is 2.38. The van der Waals surface area contributed by atoms with Crippen LogP contribution in [0.25, 0.3) is 11.1 Å². The first kappa shape index (κ1) is 22.0. The number of hydrogen-bond donors (Lipinski definition) is 3. The first-order chi connectivity index (χ1) is 15.3. The molecule has 2 aliphatic rings. The fourth-order valence-corrected chi connectivity index (χ4v) is 5.42. The van der Waals surface area contributed by atoms with Crippen LogP contribution in [0.1, 0.15) is 19.3 Å². The summed E-state index contributed by atoms with van der Waals surface area (Å²) in [4.78, 5) is 28.2. The summed E-state index contributed by atoms with van der Waals surface area (Å²) in [6.07, 6.45) is 1.86. The van der Waals surface area contributed by atoms with E-state index < -0.39 is 27.5 Å². The normalized spacial score (nSPS) is 22.6. The van der Waals surface area contributed by atoms with Crippen LogP contribution in [0.4, 0.5) is 4.79 Å². The summed E-state index contributed by atoms with van der Waals surface area (Å²) < 4.78 is 38.7. The number of ether oxygens (including phenoxy) is 2. The first-order valence-electron chi connectivity index (χ1n) is 10.1. The summed E-state index contributed by atoms with van der Waals surface area (Å²) >= 11 is 0. The van der Waals surface area contributed by atoms with Gasteiger partial charge in [-0.15, -0.1) is 0 Å². The number of carbonyl (C=O) groups is 2. The lowest BCUT2D eigenvalue weighted by atomic mass is 9.87. The maximum atomic E-state index is 12.8. The van der Waals surface area contributed by atoms with Crippen molar-refractivity contribution in [1.82, 2.24) is 20.3 Å². The van der Waals surface area contributed by atoms with Gasteiger partial charge < -0.3 is 14.8 Å². The van der Waals surface area contributed by atoms with Gasteiger partial charge in [0.15, 0.2) is 0 Å². The topological polar surface area (TPSA) is 136 Å². The Hall–Kier alpha value is -3.18. The lowest BCUT2D eigenvalue weighted by Gasteiger charge is -2.28. The van der Waals surface area contributed by atoms with Crippen LogP contribution in [0.2, 0.25) is 0 Å². The van der Waals surface area contributed by atoms with Gasteiger partial charge in [-0.1, -0.05) is 18.6 Å². The molecule has 11 heteroatoms. The molecule has 2 fully saturated rings. The van der Waals surface area contributed by atoms with E-state index in [1.165, 1.54) is 26.4 Å². The molecule has 1 aromatic carbocycles. The average molecular weight is 461 g/mol. The summed E-state index contributed by atoms with van der Waals surface area (Å²) in [7, 11) is -0.806. The van der Waals surface area contributed by atoms with Crippen LogP contribution < -0.4 is 24.8 Å². The van der Waals surface area contributed by atoms with Gasteiger partial charge in [-0.05, 0) is 36.6 Å². The number of sulfonamides is 1. The quantitative estimate of drug-likeness (QED) is 0.532. The number of benzene rings is 1. The Morgan fingerprint density at radius 3 is 2.50 bits per heavy atom. The average Bonchev–Trinajstić information content (AvgIpc) is 3.33. The second kappa shape index (κ2) is 8.40. The Balaban J connectivity index is 1.49. The van der Waals surface area contributed by atoms with Crippen molar-refractivity contribution in [3.05, 3.63) is 36.4 Å². The molecule has 2 unspecified atom stereocenters. The van der Waals surface area contributed by atoms with Crippen molar-refractivity contribution in [3.63, 3.8) is 0 Å². The molecule has 0 radical (unpaired) electrons. The van der Waals surface area contributed by atoms with Crippen molar-refractivity contribution in [2.75, 3.05) is 20.8 Å². The Labute approximate surface area is 185 Å². The van der Waals surface area contributed by atoms with Crippen LogP contribution >= 0.6 is 0 Å². The van der Waals surface area contributed by atoms with Gasteiger partial charge in [0.25, 0.3) is 5.91 Å². The van der Waals surface area contributed by atoms with E-state index in [-0.39, 0.29) is 17.4 Å². The second-order valence-electron chi connectivity index (χ2n) is 7.76. The molecule has 1 saturated carbocycles. The molecule has 0 bridgehead atoms. The fourth-order valence-electron chi connectivity index (χ4n) is 4.34. The van der Waals surface area contributed by atoms with Gasteiger partial charge in [0.2, 0.25) is 21.8 Å². The number of hydrogen-bond acceptors (Lipinski definition) is 7. The molecule has 1 spiro atoms. The summed E-state index contributed by atoms with van der Waals surface area (Å²) in [5.74, 6) is 0.0561. The predicted molar refractivity (Wildman–Crippen MR) is 115 cm³/mol. The number of nitrogens with zero attached hydrogens (tertiary/aromatic N) is 1. The Kier molecular flexibility index (Phi) is 5.78. The van der Waals surface area contributed by atoms with E-state index in [9.17, 15) is 18.0 Å². The highest BCUT2D eigenvalue weighted by atomic mass is 32.2. The number of methoxy groups -OCH3 is 2. The zero-order valence-electron chi connectivity index (χ0n) is 17.7. The van der Waals surface area contributed by atoms with Crippen molar-refractivity contribution in [1.29, 1.82) is 0 Å². The third kappa shape index (κ3) is 3.89. The molecule has 10 nitrogen and oxygen atoms in total. The molecule has 2 heterocycles. The van der Waals surface area contributed by atoms with E-state index in [0.29, 0.717) is 30.2 Å². The molecule has 3 N–H and O–H groups in total. The van der Waals surface area contributed by atoms with Crippen LogP contribution in [0.15, 0.2) is 41.3 Å². The van der Waals surface area contributed by atoms with Gasteiger partial charge in [0.05, 0.1) is 19.1 Å². The molecule has 1 saturated heterocycles. The molecule has 2 aromatic rings. The summed E-state index contributed by atoms with van der Waals surface area (Å²) in [5.41, 5.74) is 0.388. The highest BCUT2D eigenvalue weighted by Gasteiger charge is 2.54. The molecule has 32 heavy (non-hydrogen) atoms. The monoisotopic (exact) mass is 460 g/mol. The summed E-state index contributed by atoms with van der Waals surface area (Å²) in [6.45, 7) is 0.0496. The van der Waals surface area contributed by atoms with Crippen molar-refractivity contribution >= 4 is 22.0 Å². The standard InChI is InChI=1S/C21H24N4O6S/c1-30-17-10-9-16(18(23-17)31-2)13-5-7-15(8-6-13)32(28,29)22-12-14-4-3-11-21(14)19(26)24-20(27)25-21/h5-10,14,22H,3-4,11-12H2,1-2H3,(H2,24,25,26,27). The zero-order valence-corrected chi connectivity index (χ0v) is 18.5. The van der Waals surface area contributed by atoms with Crippen LogP contribution in [-0.4, -0.2) is 51.6 Å². The van der Waals surface area contributed by atoms with Crippen molar-refractivity contribution in [3.8, 4) is 22.9 Å². The molecule has 1 aliphatic heterocycles. The third-order valence-corrected chi connectivity index (χ3v) is 7.46. The van der Waals surface area contributed by atoms with Crippen molar-refractivity contribution < 1.29 is 27.5 Å². The molecule has 3 amide bonds. The van der Waals surface area contributed by atoms with Gasteiger partial charge in [-0.2, -0.15) is 4.98 Å². The van der Waals surface area contributed by atoms with Gasteiger partial charge in [0, 0.05) is 24.1 Å². The molecule has 1 aliphatic carbocycles. The van der Waals surface area contributed by atoms with Gasteiger partial charge in [0.1, 0.15) is 5.54 Å². The molecular weight excluding hydrogens is 436 g/mol. The molecule has 170 valence electrons. The smallest absolute Gasteiger partial charge is 0.322 e. The number of aromatic nitrogens is 1. The number of urea groups is 1. The first-order valence-corrected chi connectivity index (χ1v) is 11.6. The number of carbonyl (C=O) groups excluding carboxylic acids is 2. The highest BCUT2D eigenvalue weighted by molar-refractivity contribution is 7.89. The maximum Gasteiger partial charge on any atom is 0.322 e. The summed E-state index contributed by atoms with van der Waals surface area (Å²) in [5, 5.41) is 4.95. The lowest BCUT2D eigenvalue weighted by Crippen LogP contribution is -2.53. The van der Waals surface area contributed by atoms with Gasteiger partial charge >= 0.3 is 6.03 Å². The SMILES string of the molecule is COc1ccc(-c2ccc(S(=O)(=O)NCC3CCCC34NC(=O)NC4=O)cc2)c(OC)n1. The minimum atomic E-state index is -3.81. The van der Waals surface area contributed by atoms with E-state index in [2.05, 4.69) is 20.3 Å². The van der Waals surface area contributed by atoms with Gasteiger partial charge in [-0.25, -0.2) is 17.9 Å². The molecule has 2 atom stereocenters. The zero-order chi connectivity index (χ0) is 22.9. The van der Waals surface area contributed by atoms with Gasteiger partial charge in [-0.3, -0.25) is 10.1 Å². The summed E-state index contributed by atoms with van der Waals surface area (Å²) in [6, 6.07) is 9.27. The fraction of sp³-hybridized carbons (Fsp3) is 0.381.